The fraction of sp³-hybridized carbons (Fsp3) is 0.250. The molecule has 0 radical (unpaired) electrons. The summed E-state index contributed by atoms with van der Waals surface area (Å²) in [5.41, 5.74) is 0. The summed E-state index contributed by atoms with van der Waals surface area (Å²) in [5.74, 6) is 0.944. The molecule has 0 saturated heterocycles. The van der Waals surface area contributed by atoms with Crippen LogP contribution in [0, 0.1) is 0 Å². The highest BCUT2D eigenvalue weighted by atomic mass is 35.5. The molecule has 0 bridgehead atoms. The highest BCUT2D eigenvalue weighted by Gasteiger charge is 1.83. The first-order valence-corrected chi connectivity index (χ1v) is 3.11. The molecule has 0 heterocycles. The van der Waals surface area contributed by atoms with Crippen molar-refractivity contribution in [2.75, 3.05) is 6.61 Å². The first kappa shape index (κ1) is 13.2. The van der Waals surface area contributed by atoms with Crippen LogP contribution in [0.1, 0.15) is 6.92 Å². The molecule has 0 spiro atoms. The third-order valence-electron chi connectivity index (χ3n) is 1.05. The van der Waals surface area contributed by atoms with E-state index in [1.54, 1.807) is 0 Å². The van der Waals surface area contributed by atoms with Crippen LogP contribution in [0.25, 0.3) is 0 Å². The van der Waals surface area contributed by atoms with Gasteiger partial charge in [0.25, 0.3) is 0 Å². The second-order valence-electron chi connectivity index (χ2n) is 1.75. The molecule has 0 aliphatic rings. The van der Waals surface area contributed by atoms with Crippen molar-refractivity contribution in [3.8, 4) is 5.75 Å². The largest absolute Gasteiger partial charge is 0.494 e. The Morgan fingerprint density at radius 3 is 2.09 bits per heavy atom. The Hall–Kier alpha value is -0.400. The Bertz CT molecular complexity index is 165. The maximum absolute atomic E-state index is 5.21. The summed E-state index contributed by atoms with van der Waals surface area (Å²) in [6.07, 6.45) is 0. The van der Waals surface area contributed by atoms with Gasteiger partial charge in [-0.3, -0.25) is 0 Å². The van der Waals surface area contributed by atoms with Crippen molar-refractivity contribution < 1.29 is 4.74 Å². The first-order valence-electron chi connectivity index (χ1n) is 3.11. The fourth-order valence-electron chi connectivity index (χ4n) is 0.683. The monoisotopic (exact) mass is 194 g/mol. The third kappa shape index (κ3) is 4.93. The average molecular weight is 195 g/mol. The molecular weight excluding hydrogens is 183 g/mol. The Balaban J connectivity index is 0. The van der Waals surface area contributed by atoms with Gasteiger partial charge < -0.3 is 4.74 Å². The second kappa shape index (κ2) is 7.70. The lowest BCUT2D eigenvalue weighted by molar-refractivity contribution is 0.340. The number of hydrogen-bond donors (Lipinski definition) is 0. The minimum absolute atomic E-state index is 0. The molecular formula is C8H12Cl2O. The molecule has 0 aromatic heterocycles. The van der Waals surface area contributed by atoms with Gasteiger partial charge in [-0.2, -0.15) is 0 Å². The van der Waals surface area contributed by atoms with Crippen molar-refractivity contribution in [1.82, 2.24) is 0 Å². The summed E-state index contributed by atoms with van der Waals surface area (Å²) in [4.78, 5) is 0. The summed E-state index contributed by atoms with van der Waals surface area (Å²) in [6.45, 7) is 2.72. The maximum atomic E-state index is 5.21. The summed E-state index contributed by atoms with van der Waals surface area (Å²) in [5, 5.41) is 0. The molecule has 0 fully saturated rings. The zero-order chi connectivity index (χ0) is 6.53. The number of hydrogen-bond acceptors (Lipinski definition) is 1. The van der Waals surface area contributed by atoms with E-state index in [1.165, 1.54) is 0 Å². The van der Waals surface area contributed by atoms with Crippen LogP contribution in [0.4, 0.5) is 0 Å². The third-order valence-corrected chi connectivity index (χ3v) is 1.05. The maximum Gasteiger partial charge on any atom is 0.119 e. The average Bonchev–Trinajstić information content (AvgIpc) is 1.91. The standard InChI is InChI=1S/C8H10O.2ClH/c1-2-9-8-6-4-3-5-7-8;;/h3-7H,2H2,1H3;2*1H. The Labute approximate surface area is 79.6 Å². The molecule has 0 N–H and O–H groups in total. The lowest BCUT2D eigenvalue weighted by atomic mass is 10.3. The van der Waals surface area contributed by atoms with E-state index in [0.717, 1.165) is 12.4 Å². The van der Waals surface area contributed by atoms with Crippen LogP contribution in [0.2, 0.25) is 0 Å². The van der Waals surface area contributed by atoms with Gasteiger partial charge in [0.15, 0.2) is 0 Å². The van der Waals surface area contributed by atoms with Crippen molar-refractivity contribution >= 4 is 24.8 Å². The zero-order valence-corrected chi connectivity index (χ0v) is 7.95. The van der Waals surface area contributed by atoms with Crippen LogP contribution in [-0.2, 0) is 0 Å². The molecule has 64 valence electrons. The molecule has 0 amide bonds. The van der Waals surface area contributed by atoms with E-state index in [9.17, 15) is 0 Å². The van der Waals surface area contributed by atoms with Crippen molar-refractivity contribution in [2.24, 2.45) is 0 Å². The lowest BCUT2D eigenvalue weighted by Crippen LogP contribution is -1.89. The number of para-hydroxylation sites is 1. The van der Waals surface area contributed by atoms with E-state index in [-0.39, 0.29) is 24.8 Å². The van der Waals surface area contributed by atoms with Gasteiger partial charge in [0.05, 0.1) is 6.61 Å². The molecule has 3 heteroatoms. The summed E-state index contributed by atoms with van der Waals surface area (Å²) >= 11 is 0. The van der Waals surface area contributed by atoms with E-state index in [1.807, 2.05) is 37.3 Å². The van der Waals surface area contributed by atoms with Gasteiger partial charge in [-0.15, -0.1) is 24.8 Å². The number of halogens is 2. The van der Waals surface area contributed by atoms with Crippen LogP contribution < -0.4 is 4.74 Å². The SMILES string of the molecule is CCOc1ccccc1.Cl.Cl. The van der Waals surface area contributed by atoms with Gasteiger partial charge in [0, 0.05) is 0 Å². The van der Waals surface area contributed by atoms with Crippen molar-refractivity contribution in [3.63, 3.8) is 0 Å². The fourth-order valence-corrected chi connectivity index (χ4v) is 0.683. The zero-order valence-electron chi connectivity index (χ0n) is 6.32. The molecule has 1 nitrogen and oxygen atoms in total. The van der Waals surface area contributed by atoms with Gasteiger partial charge in [-0.25, -0.2) is 0 Å². The van der Waals surface area contributed by atoms with Gasteiger partial charge in [-0.05, 0) is 19.1 Å². The summed E-state index contributed by atoms with van der Waals surface area (Å²) in [7, 11) is 0. The normalized spacial score (nSPS) is 7.36. The van der Waals surface area contributed by atoms with E-state index in [4.69, 9.17) is 4.74 Å². The van der Waals surface area contributed by atoms with Gasteiger partial charge in [0.1, 0.15) is 5.75 Å². The molecule has 0 aliphatic carbocycles. The first-order chi connectivity index (χ1) is 4.43. The highest BCUT2D eigenvalue weighted by Crippen LogP contribution is 2.06. The van der Waals surface area contributed by atoms with E-state index in [2.05, 4.69) is 0 Å². The molecule has 1 aromatic rings. The van der Waals surface area contributed by atoms with Crippen LogP contribution in [0.3, 0.4) is 0 Å². The van der Waals surface area contributed by atoms with E-state index < -0.39 is 0 Å². The molecule has 11 heavy (non-hydrogen) atoms. The number of ether oxygens (including phenoxy) is 1. The van der Waals surface area contributed by atoms with Gasteiger partial charge in [0.2, 0.25) is 0 Å². The topological polar surface area (TPSA) is 9.23 Å². The minimum Gasteiger partial charge on any atom is -0.494 e. The predicted molar refractivity (Wildman–Crippen MR) is 52.1 cm³/mol. The van der Waals surface area contributed by atoms with Crippen molar-refractivity contribution in [2.45, 2.75) is 6.92 Å². The minimum atomic E-state index is 0. The van der Waals surface area contributed by atoms with Crippen LogP contribution >= 0.6 is 24.8 Å². The summed E-state index contributed by atoms with van der Waals surface area (Å²) < 4.78 is 5.21. The number of rotatable bonds is 2. The smallest absolute Gasteiger partial charge is 0.119 e. The van der Waals surface area contributed by atoms with Crippen LogP contribution in [0.5, 0.6) is 5.75 Å². The van der Waals surface area contributed by atoms with Crippen LogP contribution in [-0.4, -0.2) is 6.61 Å². The van der Waals surface area contributed by atoms with Crippen molar-refractivity contribution in [3.05, 3.63) is 30.3 Å². The Morgan fingerprint density at radius 1 is 1.09 bits per heavy atom. The lowest BCUT2D eigenvalue weighted by Gasteiger charge is -1.99. The van der Waals surface area contributed by atoms with E-state index in [0.29, 0.717) is 0 Å². The molecule has 0 unspecified atom stereocenters. The van der Waals surface area contributed by atoms with Crippen molar-refractivity contribution in [1.29, 1.82) is 0 Å². The Kier molecular flexibility index (Phi) is 9.25. The molecule has 1 rings (SSSR count). The quantitative estimate of drug-likeness (QED) is 0.704. The van der Waals surface area contributed by atoms with Gasteiger partial charge in [-0.1, -0.05) is 18.2 Å². The molecule has 0 saturated carbocycles. The van der Waals surface area contributed by atoms with Gasteiger partial charge >= 0.3 is 0 Å². The van der Waals surface area contributed by atoms with E-state index >= 15 is 0 Å². The molecule has 1 aromatic carbocycles. The second-order valence-corrected chi connectivity index (χ2v) is 1.75. The summed E-state index contributed by atoms with van der Waals surface area (Å²) in [6, 6.07) is 9.80. The number of benzene rings is 1. The molecule has 0 aliphatic heterocycles. The van der Waals surface area contributed by atoms with Crippen LogP contribution in [0.15, 0.2) is 30.3 Å². The Morgan fingerprint density at radius 2 is 1.64 bits per heavy atom. The highest BCUT2D eigenvalue weighted by molar-refractivity contribution is 5.85. The molecule has 0 atom stereocenters. The predicted octanol–water partition coefficient (Wildman–Crippen LogP) is 2.93.